The van der Waals surface area contributed by atoms with Crippen molar-refractivity contribution in [3.63, 3.8) is 0 Å². The molecular weight excluding hydrogens is 482 g/mol. The van der Waals surface area contributed by atoms with Crippen molar-refractivity contribution in [2.24, 2.45) is 0 Å². The van der Waals surface area contributed by atoms with Gasteiger partial charge in [0.15, 0.2) is 0 Å². The van der Waals surface area contributed by atoms with Gasteiger partial charge in [-0.2, -0.15) is 0 Å². The number of hydrogen-bond acceptors (Lipinski definition) is 2. The van der Waals surface area contributed by atoms with Crippen molar-refractivity contribution in [2.75, 3.05) is 0 Å². The van der Waals surface area contributed by atoms with Crippen LogP contribution in [0.1, 0.15) is 26.7 Å². The van der Waals surface area contributed by atoms with E-state index in [1.807, 2.05) is 48.5 Å². The molecule has 148 valence electrons. The molecule has 0 atom stereocenters. The van der Waals surface area contributed by atoms with Crippen LogP contribution < -0.4 is 5.63 Å². The molecule has 0 saturated heterocycles. The summed E-state index contributed by atoms with van der Waals surface area (Å²) in [7, 11) is 0. The first-order valence-corrected chi connectivity index (χ1v) is 14.8. The second-order valence-corrected chi connectivity index (χ2v) is 15.1. The van der Waals surface area contributed by atoms with Crippen LogP contribution in [0.4, 0.5) is 0 Å². The minimum atomic E-state index is -4.08. The maximum atomic E-state index is 6.90. The van der Waals surface area contributed by atoms with Gasteiger partial charge in [-0.3, -0.25) is 0 Å². The molecule has 0 radical (unpaired) electrons. The van der Waals surface area contributed by atoms with E-state index in [0.29, 0.717) is 10.0 Å². The Bertz CT molecular complexity index is 981. The van der Waals surface area contributed by atoms with E-state index in [2.05, 4.69) is 38.2 Å². The Kier molecular flexibility index (Phi) is 6.20. The van der Waals surface area contributed by atoms with Crippen LogP contribution in [0.2, 0.25) is 10.0 Å². The van der Waals surface area contributed by atoms with Gasteiger partial charge in [0.2, 0.25) is 0 Å². The number of rotatable bonds is 6. The van der Waals surface area contributed by atoms with Crippen LogP contribution in [0.15, 0.2) is 90.5 Å². The van der Waals surface area contributed by atoms with Crippen molar-refractivity contribution in [3.05, 3.63) is 101 Å². The van der Waals surface area contributed by atoms with E-state index >= 15 is 0 Å². The molecule has 2 aromatic carbocycles. The van der Waals surface area contributed by atoms with Crippen LogP contribution in [-0.4, -0.2) is 0 Å². The van der Waals surface area contributed by atoms with Gasteiger partial charge in [-0.1, -0.05) is 0 Å². The van der Waals surface area contributed by atoms with Crippen molar-refractivity contribution in [1.29, 1.82) is 0 Å². The van der Waals surface area contributed by atoms with Crippen molar-refractivity contribution < 1.29 is 26.8 Å². The Hall–Kier alpha value is -1.54. The summed E-state index contributed by atoms with van der Waals surface area (Å²) in [6, 6.07) is 15.2. The van der Waals surface area contributed by atoms with Crippen LogP contribution in [0.5, 0.6) is 11.5 Å². The van der Waals surface area contributed by atoms with Gasteiger partial charge >= 0.3 is 189 Å². The third-order valence-corrected chi connectivity index (χ3v) is 15.1. The summed E-state index contributed by atoms with van der Waals surface area (Å²) in [4.78, 5) is 0. The summed E-state index contributed by atoms with van der Waals surface area (Å²) >= 11 is 8.46. The SMILES string of the molecule is CC1=[C]([Zr]([O]c2cccc(Cl)c2)([O]c2cccc(Cl)c2)[C]2=C(C)C=CC2)CC=C1. The van der Waals surface area contributed by atoms with Gasteiger partial charge in [-0.25, -0.2) is 0 Å². The molecule has 29 heavy (non-hydrogen) atoms. The van der Waals surface area contributed by atoms with E-state index in [1.165, 1.54) is 17.7 Å². The number of halogens is 2. The fourth-order valence-electron chi connectivity index (χ4n) is 3.86. The Labute approximate surface area is 187 Å². The average molecular weight is 505 g/mol. The first kappa shape index (κ1) is 20.7. The normalized spacial score (nSPS) is 16.1. The maximum absolute atomic E-state index is 6.90. The van der Waals surface area contributed by atoms with Crippen LogP contribution >= 0.6 is 23.2 Å². The standard InChI is InChI=1S/2C6H5ClO.2C6H7.Zr/c2*7-5-2-1-3-6(8)4-5;2*1-6-4-2-3-5-6;/h2*1-4,8H;2*2,4H,3H2,1H3;/q;;;;+2/p-2. The zero-order valence-electron chi connectivity index (χ0n) is 16.4. The molecular formula is C24H22Cl2O2Zr. The molecule has 5 heteroatoms. The molecule has 2 aliphatic rings. The summed E-state index contributed by atoms with van der Waals surface area (Å²) in [6.45, 7) is 4.29. The van der Waals surface area contributed by atoms with Gasteiger partial charge in [0, 0.05) is 0 Å². The van der Waals surface area contributed by atoms with E-state index in [0.717, 1.165) is 24.3 Å². The van der Waals surface area contributed by atoms with Crippen LogP contribution in [-0.2, 0) is 21.1 Å². The van der Waals surface area contributed by atoms with Gasteiger partial charge in [0.05, 0.1) is 0 Å². The molecule has 0 unspecified atom stereocenters. The van der Waals surface area contributed by atoms with Crippen molar-refractivity contribution in [1.82, 2.24) is 0 Å². The molecule has 0 heterocycles. The predicted molar refractivity (Wildman–Crippen MR) is 117 cm³/mol. The Morgan fingerprint density at radius 2 is 1.17 bits per heavy atom. The zero-order chi connectivity index (χ0) is 20.4. The summed E-state index contributed by atoms with van der Waals surface area (Å²) in [5.41, 5.74) is 2.47. The van der Waals surface area contributed by atoms with E-state index in [4.69, 9.17) is 28.8 Å². The number of benzene rings is 2. The topological polar surface area (TPSA) is 18.5 Å². The van der Waals surface area contributed by atoms with E-state index in [1.54, 1.807) is 0 Å². The zero-order valence-corrected chi connectivity index (χ0v) is 20.4. The molecule has 2 aliphatic carbocycles. The molecule has 2 aromatic rings. The molecule has 0 amide bonds. The third kappa shape index (κ3) is 4.33. The molecule has 0 N–H and O–H groups in total. The van der Waals surface area contributed by atoms with Gasteiger partial charge < -0.3 is 0 Å². The molecule has 0 spiro atoms. The van der Waals surface area contributed by atoms with Crippen molar-refractivity contribution in [3.8, 4) is 11.5 Å². The van der Waals surface area contributed by atoms with Gasteiger partial charge in [0.1, 0.15) is 0 Å². The Morgan fingerprint density at radius 1 is 0.724 bits per heavy atom. The van der Waals surface area contributed by atoms with Crippen LogP contribution in [0, 0.1) is 0 Å². The van der Waals surface area contributed by atoms with Crippen LogP contribution in [0.3, 0.4) is 0 Å². The van der Waals surface area contributed by atoms with Gasteiger partial charge in [-0.15, -0.1) is 0 Å². The quantitative estimate of drug-likeness (QED) is 0.398. The van der Waals surface area contributed by atoms with E-state index in [-0.39, 0.29) is 0 Å². The average Bonchev–Trinajstić information content (AvgIpc) is 3.30. The summed E-state index contributed by atoms with van der Waals surface area (Å²) in [5, 5.41) is 1.30. The molecule has 2 nitrogen and oxygen atoms in total. The van der Waals surface area contributed by atoms with Crippen molar-refractivity contribution in [2.45, 2.75) is 26.7 Å². The molecule has 0 saturated carbocycles. The Morgan fingerprint density at radius 3 is 1.52 bits per heavy atom. The summed E-state index contributed by atoms with van der Waals surface area (Å²) < 4.78 is 16.4. The Balaban J connectivity index is 1.89. The molecule has 0 fully saturated rings. The monoisotopic (exact) mass is 502 g/mol. The molecule has 0 bridgehead atoms. The van der Waals surface area contributed by atoms with E-state index in [9.17, 15) is 0 Å². The minimum absolute atomic E-state index is 0.649. The van der Waals surface area contributed by atoms with E-state index < -0.39 is 21.1 Å². The fraction of sp³-hybridized carbons (Fsp3) is 0.167. The summed E-state index contributed by atoms with van der Waals surface area (Å²) in [6.07, 6.45) is 10.4. The first-order valence-electron chi connectivity index (χ1n) is 9.60. The molecule has 0 aliphatic heterocycles. The second kappa shape index (κ2) is 8.68. The van der Waals surface area contributed by atoms with Gasteiger partial charge in [0.25, 0.3) is 0 Å². The number of allylic oxidation sites excluding steroid dienone is 8. The fourth-order valence-corrected chi connectivity index (χ4v) is 13.5. The van der Waals surface area contributed by atoms with Crippen molar-refractivity contribution >= 4 is 23.2 Å². The predicted octanol–water partition coefficient (Wildman–Crippen LogP) is 7.90. The third-order valence-electron chi connectivity index (χ3n) is 5.24. The van der Waals surface area contributed by atoms with Gasteiger partial charge in [-0.05, 0) is 0 Å². The second-order valence-electron chi connectivity index (χ2n) is 7.27. The molecule has 0 aromatic heterocycles. The number of hydrogen-bond donors (Lipinski definition) is 0. The first-order chi connectivity index (χ1) is 14.0. The van der Waals surface area contributed by atoms with Crippen LogP contribution in [0.25, 0.3) is 0 Å². The summed E-state index contributed by atoms with van der Waals surface area (Å²) in [5.74, 6) is 1.49. The molecule has 4 rings (SSSR count).